The molecule has 1 aliphatic heterocycles. The van der Waals surface area contributed by atoms with Gasteiger partial charge < -0.3 is 9.47 Å². The lowest BCUT2D eigenvalue weighted by Crippen LogP contribution is -2.44. The fourth-order valence-corrected chi connectivity index (χ4v) is 1.23. The summed E-state index contributed by atoms with van der Waals surface area (Å²) in [5.41, 5.74) is 0. The van der Waals surface area contributed by atoms with Crippen LogP contribution < -0.4 is 0 Å². The molecular weight excluding hydrogens is 152 g/mol. The molecule has 1 unspecified atom stereocenters. The molecule has 0 aliphatic carbocycles. The standard InChI is InChI=1S/C10H18O2/c1-3-5-6-8-11-10(4-2)7-9-12-10/h4H,2-3,5-9H2,1H3. The maximum absolute atomic E-state index is 5.58. The summed E-state index contributed by atoms with van der Waals surface area (Å²) in [5.74, 6) is -0.423. The molecule has 0 aromatic carbocycles. The fraction of sp³-hybridized carbons (Fsp3) is 0.800. The molecule has 1 fully saturated rings. The molecule has 2 nitrogen and oxygen atoms in total. The van der Waals surface area contributed by atoms with Gasteiger partial charge in [0.25, 0.3) is 0 Å². The molecule has 0 saturated carbocycles. The molecule has 0 amide bonds. The molecule has 0 N–H and O–H groups in total. The highest BCUT2D eigenvalue weighted by atomic mass is 16.7. The lowest BCUT2D eigenvalue weighted by molar-refractivity contribution is -0.276. The Kier molecular flexibility index (Phi) is 3.76. The van der Waals surface area contributed by atoms with Crippen molar-refractivity contribution in [2.24, 2.45) is 0 Å². The van der Waals surface area contributed by atoms with E-state index in [0.29, 0.717) is 0 Å². The number of rotatable bonds is 6. The minimum absolute atomic E-state index is 0.423. The van der Waals surface area contributed by atoms with Crippen LogP contribution in [0.15, 0.2) is 12.7 Å². The summed E-state index contributed by atoms with van der Waals surface area (Å²) in [6, 6.07) is 0. The molecule has 1 aliphatic rings. The molecule has 0 spiro atoms. The zero-order valence-electron chi connectivity index (χ0n) is 7.84. The first kappa shape index (κ1) is 9.75. The molecule has 70 valence electrons. The van der Waals surface area contributed by atoms with E-state index in [-0.39, 0.29) is 0 Å². The van der Waals surface area contributed by atoms with Crippen LogP contribution in [0.1, 0.15) is 32.6 Å². The second-order valence-corrected chi connectivity index (χ2v) is 3.17. The Morgan fingerprint density at radius 1 is 1.58 bits per heavy atom. The van der Waals surface area contributed by atoms with Gasteiger partial charge in [0.1, 0.15) is 0 Å². The van der Waals surface area contributed by atoms with E-state index in [4.69, 9.17) is 9.47 Å². The van der Waals surface area contributed by atoms with E-state index in [9.17, 15) is 0 Å². The summed E-state index contributed by atoms with van der Waals surface area (Å²) in [6.45, 7) is 7.48. The predicted octanol–water partition coefficient (Wildman–Crippen LogP) is 2.50. The Balaban J connectivity index is 2.08. The second kappa shape index (κ2) is 4.63. The van der Waals surface area contributed by atoms with Crippen molar-refractivity contribution in [1.29, 1.82) is 0 Å². The van der Waals surface area contributed by atoms with Gasteiger partial charge in [0.15, 0.2) is 5.79 Å². The molecule has 1 rings (SSSR count). The fourth-order valence-electron chi connectivity index (χ4n) is 1.23. The molecule has 1 heterocycles. The van der Waals surface area contributed by atoms with E-state index >= 15 is 0 Å². The zero-order chi connectivity index (χ0) is 8.86. The van der Waals surface area contributed by atoms with Gasteiger partial charge in [0, 0.05) is 6.42 Å². The SMILES string of the molecule is C=CC1(OCCCCC)CCO1. The smallest absolute Gasteiger partial charge is 0.189 e. The highest BCUT2D eigenvalue weighted by molar-refractivity contribution is 4.94. The summed E-state index contributed by atoms with van der Waals surface area (Å²) in [7, 11) is 0. The van der Waals surface area contributed by atoms with Crippen molar-refractivity contribution in [3.63, 3.8) is 0 Å². The van der Waals surface area contributed by atoms with Crippen molar-refractivity contribution in [3.8, 4) is 0 Å². The summed E-state index contributed by atoms with van der Waals surface area (Å²) in [4.78, 5) is 0. The molecule has 1 atom stereocenters. The minimum Gasteiger partial charge on any atom is -0.346 e. The maximum atomic E-state index is 5.58. The number of unbranched alkanes of at least 4 members (excludes halogenated alkanes) is 2. The average molecular weight is 170 g/mol. The van der Waals surface area contributed by atoms with Crippen molar-refractivity contribution in [2.75, 3.05) is 13.2 Å². The van der Waals surface area contributed by atoms with Gasteiger partial charge in [0.2, 0.25) is 0 Å². The first-order chi connectivity index (χ1) is 5.83. The summed E-state index contributed by atoms with van der Waals surface area (Å²) >= 11 is 0. The lowest BCUT2D eigenvalue weighted by Gasteiger charge is -2.38. The molecule has 0 bridgehead atoms. The van der Waals surface area contributed by atoms with E-state index in [1.54, 1.807) is 6.08 Å². The molecule has 0 aromatic heterocycles. The van der Waals surface area contributed by atoms with E-state index < -0.39 is 5.79 Å². The van der Waals surface area contributed by atoms with Crippen LogP contribution in [0.25, 0.3) is 0 Å². The van der Waals surface area contributed by atoms with Gasteiger partial charge in [0.05, 0.1) is 13.2 Å². The third-order valence-electron chi connectivity index (χ3n) is 2.20. The van der Waals surface area contributed by atoms with Crippen LogP contribution in [0, 0.1) is 0 Å². The van der Waals surface area contributed by atoms with Gasteiger partial charge in [-0.25, -0.2) is 0 Å². The normalized spacial score (nSPS) is 28.1. The van der Waals surface area contributed by atoms with Gasteiger partial charge in [-0.2, -0.15) is 0 Å². The molecule has 0 aromatic rings. The van der Waals surface area contributed by atoms with Crippen molar-refractivity contribution in [3.05, 3.63) is 12.7 Å². The van der Waals surface area contributed by atoms with Crippen molar-refractivity contribution in [2.45, 2.75) is 38.4 Å². The van der Waals surface area contributed by atoms with Crippen molar-refractivity contribution < 1.29 is 9.47 Å². The summed E-state index contributed by atoms with van der Waals surface area (Å²) in [6.07, 6.45) is 6.30. The first-order valence-electron chi connectivity index (χ1n) is 4.74. The molecule has 0 radical (unpaired) electrons. The number of ether oxygens (including phenoxy) is 2. The van der Waals surface area contributed by atoms with Crippen LogP contribution in [0.5, 0.6) is 0 Å². The Labute approximate surface area is 74.6 Å². The molecule has 12 heavy (non-hydrogen) atoms. The van der Waals surface area contributed by atoms with Crippen LogP contribution in [0.2, 0.25) is 0 Å². The zero-order valence-corrected chi connectivity index (χ0v) is 7.84. The van der Waals surface area contributed by atoms with Gasteiger partial charge in [-0.1, -0.05) is 26.3 Å². The van der Waals surface area contributed by atoms with Crippen LogP contribution in [-0.4, -0.2) is 19.0 Å². The number of hydrogen-bond acceptors (Lipinski definition) is 2. The van der Waals surface area contributed by atoms with Crippen molar-refractivity contribution in [1.82, 2.24) is 0 Å². The van der Waals surface area contributed by atoms with Gasteiger partial charge in [-0.05, 0) is 12.5 Å². The average Bonchev–Trinajstić information content (AvgIpc) is 2.02. The number of hydrogen-bond donors (Lipinski definition) is 0. The van der Waals surface area contributed by atoms with Gasteiger partial charge in [-0.15, -0.1) is 0 Å². The van der Waals surface area contributed by atoms with Gasteiger partial charge >= 0.3 is 0 Å². The Morgan fingerprint density at radius 2 is 2.33 bits per heavy atom. The Bertz CT molecular complexity index is 139. The highest BCUT2D eigenvalue weighted by Gasteiger charge is 2.35. The Morgan fingerprint density at radius 3 is 2.75 bits per heavy atom. The quantitative estimate of drug-likeness (QED) is 0.450. The summed E-state index contributed by atoms with van der Waals surface area (Å²) < 4.78 is 10.9. The minimum atomic E-state index is -0.423. The van der Waals surface area contributed by atoms with E-state index in [2.05, 4.69) is 13.5 Å². The third kappa shape index (κ3) is 2.32. The van der Waals surface area contributed by atoms with E-state index in [0.717, 1.165) is 26.1 Å². The lowest BCUT2D eigenvalue weighted by atomic mass is 10.1. The second-order valence-electron chi connectivity index (χ2n) is 3.17. The molecule has 2 heteroatoms. The maximum Gasteiger partial charge on any atom is 0.189 e. The third-order valence-corrected chi connectivity index (χ3v) is 2.20. The predicted molar refractivity (Wildman–Crippen MR) is 49.0 cm³/mol. The van der Waals surface area contributed by atoms with E-state index in [1.165, 1.54) is 12.8 Å². The van der Waals surface area contributed by atoms with E-state index in [1.807, 2.05) is 0 Å². The monoisotopic (exact) mass is 170 g/mol. The van der Waals surface area contributed by atoms with Crippen LogP contribution in [0.4, 0.5) is 0 Å². The first-order valence-corrected chi connectivity index (χ1v) is 4.74. The molecular formula is C10H18O2. The van der Waals surface area contributed by atoms with Crippen molar-refractivity contribution >= 4 is 0 Å². The largest absolute Gasteiger partial charge is 0.346 e. The van der Waals surface area contributed by atoms with Crippen LogP contribution in [-0.2, 0) is 9.47 Å². The topological polar surface area (TPSA) is 18.5 Å². The van der Waals surface area contributed by atoms with Crippen LogP contribution >= 0.6 is 0 Å². The van der Waals surface area contributed by atoms with Gasteiger partial charge in [-0.3, -0.25) is 0 Å². The molecule has 1 saturated heterocycles. The summed E-state index contributed by atoms with van der Waals surface area (Å²) in [5, 5.41) is 0. The Hall–Kier alpha value is -0.340. The highest BCUT2D eigenvalue weighted by Crippen LogP contribution is 2.28. The van der Waals surface area contributed by atoms with Crippen LogP contribution in [0.3, 0.4) is 0 Å².